The Kier molecular flexibility index (Phi) is 4.25. The lowest BCUT2D eigenvalue weighted by Crippen LogP contribution is -2.55. The summed E-state index contributed by atoms with van der Waals surface area (Å²) in [6.45, 7) is 2.05. The summed E-state index contributed by atoms with van der Waals surface area (Å²) in [5.41, 5.74) is 6.84. The molecule has 0 radical (unpaired) electrons. The van der Waals surface area contributed by atoms with Gasteiger partial charge in [-0.1, -0.05) is 49.6 Å². The molecule has 0 bridgehead atoms. The van der Waals surface area contributed by atoms with Gasteiger partial charge in [-0.3, -0.25) is 4.79 Å². The van der Waals surface area contributed by atoms with Crippen molar-refractivity contribution in [3.8, 4) is 0 Å². The summed E-state index contributed by atoms with van der Waals surface area (Å²) in [5.74, 6) is 0.0866. The molecule has 1 saturated carbocycles. The van der Waals surface area contributed by atoms with Crippen LogP contribution in [0.5, 0.6) is 0 Å². The molecule has 1 unspecified atom stereocenters. The molecule has 1 aliphatic carbocycles. The van der Waals surface area contributed by atoms with Gasteiger partial charge in [0.25, 0.3) is 0 Å². The third-order valence-corrected chi connectivity index (χ3v) is 4.35. The van der Waals surface area contributed by atoms with Gasteiger partial charge in [-0.25, -0.2) is 0 Å². The highest BCUT2D eigenvalue weighted by molar-refractivity contribution is 5.86. The van der Waals surface area contributed by atoms with Crippen molar-refractivity contribution in [2.75, 3.05) is 7.05 Å². The molecule has 0 aromatic heterocycles. The Morgan fingerprint density at radius 2 is 1.79 bits per heavy atom. The summed E-state index contributed by atoms with van der Waals surface area (Å²) < 4.78 is 0. The summed E-state index contributed by atoms with van der Waals surface area (Å²) in [4.78, 5) is 14.4. The first-order valence-electron chi connectivity index (χ1n) is 7.16. The van der Waals surface area contributed by atoms with Crippen LogP contribution in [0.3, 0.4) is 0 Å². The number of nitrogens with zero attached hydrogens (tertiary/aromatic N) is 1. The summed E-state index contributed by atoms with van der Waals surface area (Å²) in [5, 5.41) is 0. The maximum atomic E-state index is 12.6. The Labute approximate surface area is 115 Å². The van der Waals surface area contributed by atoms with E-state index in [9.17, 15) is 4.79 Å². The fraction of sp³-hybridized carbons (Fsp3) is 0.562. The zero-order valence-corrected chi connectivity index (χ0v) is 11.9. The number of nitrogens with two attached hydrogens (primary N) is 1. The number of benzene rings is 1. The van der Waals surface area contributed by atoms with E-state index in [2.05, 4.69) is 19.1 Å². The number of amides is 1. The number of carbonyl (C=O) groups is 1. The largest absolute Gasteiger partial charge is 0.337 e. The highest BCUT2D eigenvalue weighted by Gasteiger charge is 2.38. The maximum absolute atomic E-state index is 12.6. The molecule has 0 spiro atoms. The second-order valence-electron chi connectivity index (χ2n) is 5.72. The molecule has 1 amide bonds. The van der Waals surface area contributed by atoms with Gasteiger partial charge < -0.3 is 10.6 Å². The standard InChI is InChI=1S/C16H24N2O/c1-13(14-9-5-3-6-10-14)18(2)15(19)16(17)11-7-4-8-12-16/h3,5-6,9-10,13H,4,7-8,11-12,17H2,1-2H3. The first-order chi connectivity index (χ1) is 9.04. The molecule has 0 saturated heterocycles. The van der Waals surface area contributed by atoms with Gasteiger partial charge in [0.1, 0.15) is 0 Å². The predicted octanol–water partition coefficient (Wildman–Crippen LogP) is 2.87. The van der Waals surface area contributed by atoms with Crippen LogP contribution in [0.4, 0.5) is 0 Å². The fourth-order valence-electron chi connectivity index (χ4n) is 2.88. The first kappa shape index (κ1) is 14.1. The van der Waals surface area contributed by atoms with E-state index < -0.39 is 5.54 Å². The molecular formula is C16H24N2O. The average Bonchev–Trinajstić information content (AvgIpc) is 2.46. The summed E-state index contributed by atoms with van der Waals surface area (Å²) in [6.07, 6.45) is 4.96. The third-order valence-electron chi connectivity index (χ3n) is 4.35. The lowest BCUT2D eigenvalue weighted by Gasteiger charge is -2.37. The average molecular weight is 260 g/mol. The van der Waals surface area contributed by atoms with E-state index in [-0.39, 0.29) is 11.9 Å². The summed E-state index contributed by atoms with van der Waals surface area (Å²) in [6, 6.07) is 10.2. The highest BCUT2D eigenvalue weighted by atomic mass is 16.2. The van der Waals surface area contributed by atoms with Gasteiger partial charge in [0, 0.05) is 7.05 Å². The molecule has 1 aliphatic rings. The summed E-state index contributed by atoms with van der Waals surface area (Å²) in [7, 11) is 1.86. The van der Waals surface area contributed by atoms with Crippen molar-refractivity contribution in [2.24, 2.45) is 5.73 Å². The molecule has 1 aromatic carbocycles. The second kappa shape index (κ2) is 5.74. The normalized spacial score (nSPS) is 19.7. The molecule has 1 fully saturated rings. The van der Waals surface area contributed by atoms with Crippen molar-refractivity contribution in [2.45, 2.75) is 50.6 Å². The van der Waals surface area contributed by atoms with Crippen molar-refractivity contribution in [3.05, 3.63) is 35.9 Å². The van der Waals surface area contributed by atoms with Crippen molar-refractivity contribution in [1.29, 1.82) is 0 Å². The Morgan fingerprint density at radius 3 is 2.37 bits per heavy atom. The van der Waals surface area contributed by atoms with Gasteiger partial charge in [0.15, 0.2) is 0 Å². The Balaban J connectivity index is 2.10. The summed E-state index contributed by atoms with van der Waals surface area (Å²) >= 11 is 0. The number of carbonyl (C=O) groups excluding carboxylic acids is 1. The van der Waals surface area contributed by atoms with Crippen LogP contribution in [0.1, 0.15) is 50.6 Å². The molecule has 0 heterocycles. The molecule has 19 heavy (non-hydrogen) atoms. The van der Waals surface area contributed by atoms with E-state index in [0.29, 0.717) is 0 Å². The molecule has 2 rings (SSSR count). The molecule has 1 aromatic rings. The van der Waals surface area contributed by atoms with Crippen molar-refractivity contribution >= 4 is 5.91 Å². The van der Waals surface area contributed by atoms with E-state index in [4.69, 9.17) is 5.73 Å². The second-order valence-corrected chi connectivity index (χ2v) is 5.72. The zero-order chi connectivity index (χ0) is 13.9. The van der Waals surface area contributed by atoms with Crippen LogP contribution in [0.25, 0.3) is 0 Å². The van der Waals surface area contributed by atoms with Gasteiger partial charge in [-0.15, -0.1) is 0 Å². The molecule has 2 N–H and O–H groups in total. The van der Waals surface area contributed by atoms with Crippen molar-refractivity contribution in [1.82, 2.24) is 4.90 Å². The van der Waals surface area contributed by atoms with Crippen LogP contribution >= 0.6 is 0 Å². The number of likely N-dealkylation sites (N-methyl/N-ethyl adjacent to an activating group) is 1. The molecule has 3 heteroatoms. The van der Waals surface area contributed by atoms with Gasteiger partial charge in [0.2, 0.25) is 5.91 Å². The molecular weight excluding hydrogens is 236 g/mol. The van der Waals surface area contributed by atoms with Crippen LogP contribution in [-0.4, -0.2) is 23.4 Å². The highest BCUT2D eigenvalue weighted by Crippen LogP contribution is 2.30. The predicted molar refractivity (Wildman–Crippen MR) is 77.6 cm³/mol. The quantitative estimate of drug-likeness (QED) is 0.908. The van der Waals surface area contributed by atoms with Crippen LogP contribution in [-0.2, 0) is 4.79 Å². The SMILES string of the molecule is CC(c1ccccc1)N(C)C(=O)C1(N)CCCCC1. The topological polar surface area (TPSA) is 46.3 Å². The minimum Gasteiger partial charge on any atom is -0.337 e. The lowest BCUT2D eigenvalue weighted by molar-refractivity contribution is -0.138. The minimum atomic E-state index is -0.643. The maximum Gasteiger partial charge on any atom is 0.242 e. The van der Waals surface area contributed by atoms with Gasteiger partial charge in [-0.2, -0.15) is 0 Å². The van der Waals surface area contributed by atoms with E-state index in [0.717, 1.165) is 31.2 Å². The van der Waals surface area contributed by atoms with Crippen LogP contribution in [0.2, 0.25) is 0 Å². The Hall–Kier alpha value is -1.35. The van der Waals surface area contributed by atoms with Gasteiger partial charge in [0.05, 0.1) is 11.6 Å². The molecule has 3 nitrogen and oxygen atoms in total. The fourth-order valence-corrected chi connectivity index (χ4v) is 2.88. The Morgan fingerprint density at radius 1 is 1.21 bits per heavy atom. The van der Waals surface area contributed by atoms with Crippen LogP contribution < -0.4 is 5.73 Å². The Bertz CT molecular complexity index is 424. The monoisotopic (exact) mass is 260 g/mol. The molecule has 0 aliphatic heterocycles. The number of rotatable bonds is 3. The first-order valence-corrected chi connectivity index (χ1v) is 7.16. The van der Waals surface area contributed by atoms with Gasteiger partial charge >= 0.3 is 0 Å². The van der Waals surface area contributed by atoms with E-state index in [1.54, 1.807) is 4.90 Å². The lowest BCUT2D eigenvalue weighted by atomic mass is 9.81. The van der Waals surface area contributed by atoms with Crippen molar-refractivity contribution in [3.63, 3.8) is 0 Å². The van der Waals surface area contributed by atoms with E-state index in [1.807, 2.05) is 25.2 Å². The van der Waals surface area contributed by atoms with Crippen LogP contribution in [0, 0.1) is 0 Å². The van der Waals surface area contributed by atoms with Crippen molar-refractivity contribution < 1.29 is 4.79 Å². The smallest absolute Gasteiger partial charge is 0.242 e. The minimum absolute atomic E-state index is 0.0658. The molecule has 104 valence electrons. The zero-order valence-electron chi connectivity index (χ0n) is 11.9. The number of hydrogen-bond acceptors (Lipinski definition) is 2. The van der Waals surface area contributed by atoms with E-state index in [1.165, 1.54) is 6.42 Å². The van der Waals surface area contributed by atoms with Crippen LogP contribution in [0.15, 0.2) is 30.3 Å². The van der Waals surface area contributed by atoms with E-state index >= 15 is 0 Å². The molecule has 1 atom stereocenters. The number of hydrogen-bond donors (Lipinski definition) is 1. The van der Waals surface area contributed by atoms with Gasteiger partial charge in [-0.05, 0) is 25.3 Å². The third kappa shape index (κ3) is 2.98.